The van der Waals surface area contributed by atoms with Crippen LogP contribution in [0.4, 0.5) is 0 Å². The van der Waals surface area contributed by atoms with Crippen molar-refractivity contribution in [1.29, 1.82) is 0 Å². The van der Waals surface area contributed by atoms with Crippen molar-refractivity contribution in [3.8, 4) is 0 Å². The van der Waals surface area contributed by atoms with Crippen molar-refractivity contribution in [2.45, 2.75) is 96.9 Å². The highest BCUT2D eigenvalue weighted by molar-refractivity contribution is 6.77. The van der Waals surface area contributed by atoms with Gasteiger partial charge in [0.25, 0.3) is 0 Å². The molecule has 0 saturated heterocycles. The molecule has 28 heavy (non-hydrogen) atoms. The van der Waals surface area contributed by atoms with E-state index in [-0.39, 0.29) is 18.6 Å². The molecule has 0 heterocycles. The number of aliphatic hydroxyl groups excluding tert-OH is 2. The van der Waals surface area contributed by atoms with Gasteiger partial charge in [0.2, 0.25) is 8.32 Å². The molecule has 0 radical (unpaired) electrons. The first kappa shape index (κ1) is 25.3. The molecule has 1 rings (SSSR count). The first-order valence-corrected chi connectivity index (χ1v) is 12.8. The van der Waals surface area contributed by atoms with E-state index in [0.29, 0.717) is 23.2 Å². The largest absolute Gasteiger partial charge is 0.408 e. The van der Waals surface area contributed by atoms with Gasteiger partial charge in [-0.25, -0.2) is 0 Å². The Balaban J connectivity index is 2.85. The molecule has 162 valence electrons. The Bertz CT molecular complexity index is 525. The summed E-state index contributed by atoms with van der Waals surface area (Å²) in [6.45, 7) is 17.5. The van der Waals surface area contributed by atoms with Crippen molar-refractivity contribution in [3.05, 3.63) is 35.9 Å². The highest BCUT2D eigenvalue weighted by Gasteiger charge is 2.48. The zero-order valence-electron chi connectivity index (χ0n) is 19.1. The van der Waals surface area contributed by atoms with Gasteiger partial charge in [-0.2, -0.15) is 0 Å². The predicted molar refractivity (Wildman–Crippen MR) is 119 cm³/mol. The van der Waals surface area contributed by atoms with Crippen LogP contribution in [0.25, 0.3) is 0 Å². The molecule has 0 amide bonds. The molecule has 0 aromatic heterocycles. The van der Waals surface area contributed by atoms with Crippen LogP contribution < -0.4 is 0 Å². The normalized spacial score (nSPS) is 17.2. The molecule has 0 spiro atoms. The van der Waals surface area contributed by atoms with E-state index in [1.165, 1.54) is 0 Å². The third-order valence-corrected chi connectivity index (χ3v) is 12.4. The standard InChI is InChI=1S/C23H42O4Si/c1-16(2)28(17(3)4,18(5)6)27-22(14-24)23(25)19(7)20(8)26-15-21-12-10-9-11-13-21/h9-13,16-20,22-25H,14-15H2,1-8H3/t19-,20+,22-,23+/m1/s1. The van der Waals surface area contributed by atoms with Crippen LogP contribution in [0.3, 0.4) is 0 Å². The number of aliphatic hydroxyl groups is 2. The fourth-order valence-corrected chi connectivity index (χ4v) is 10.0. The lowest BCUT2D eigenvalue weighted by Gasteiger charge is -2.46. The predicted octanol–water partition coefficient (Wildman–Crippen LogP) is 5.14. The van der Waals surface area contributed by atoms with Crippen LogP contribution >= 0.6 is 0 Å². The second kappa shape index (κ2) is 11.5. The first-order chi connectivity index (χ1) is 13.1. The molecule has 4 nitrogen and oxygen atoms in total. The second-order valence-corrected chi connectivity index (χ2v) is 14.4. The van der Waals surface area contributed by atoms with E-state index in [2.05, 4.69) is 41.5 Å². The number of hydrogen-bond acceptors (Lipinski definition) is 4. The maximum absolute atomic E-state index is 11.0. The van der Waals surface area contributed by atoms with Crippen LogP contribution in [0.1, 0.15) is 61.0 Å². The Morgan fingerprint density at radius 3 is 1.79 bits per heavy atom. The first-order valence-electron chi connectivity index (χ1n) is 10.7. The van der Waals surface area contributed by atoms with E-state index in [0.717, 1.165) is 5.56 Å². The molecule has 0 aliphatic carbocycles. The minimum atomic E-state index is -2.19. The van der Waals surface area contributed by atoms with Crippen LogP contribution in [0, 0.1) is 5.92 Å². The summed E-state index contributed by atoms with van der Waals surface area (Å²) in [6, 6.07) is 10.0. The molecule has 0 bridgehead atoms. The number of hydrogen-bond donors (Lipinski definition) is 2. The van der Waals surface area contributed by atoms with Gasteiger partial charge in [0.15, 0.2) is 0 Å². The maximum Gasteiger partial charge on any atom is 0.201 e. The molecule has 0 aliphatic rings. The van der Waals surface area contributed by atoms with E-state index in [4.69, 9.17) is 9.16 Å². The van der Waals surface area contributed by atoms with Crippen molar-refractivity contribution in [2.75, 3.05) is 6.61 Å². The molecule has 4 atom stereocenters. The van der Waals surface area contributed by atoms with Crippen molar-refractivity contribution < 1.29 is 19.4 Å². The van der Waals surface area contributed by atoms with Crippen LogP contribution in [0.5, 0.6) is 0 Å². The summed E-state index contributed by atoms with van der Waals surface area (Å²) in [5.41, 5.74) is 2.30. The second-order valence-electron chi connectivity index (χ2n) is 9.01. The van der Waals surface area contributed by atoms with Crippen molar-refractivity contribution in [3.63, 3.8) is 0 Å². The molecule has 1 aromatic rings. The third-order valence-electron chi connectivity index (χ3n) is 6.26. The van der Waals surface area contributed by atoms with E-state index in [9.17, 15) is 10.2 Å². The summed E-state index contributed by atoms with van der Waals surface area (Å²) < 4.78 is 12.6. The molecule has 0 aliphatic heterocycles. The van der Waals surface area contributed by atoms with Gasteiger partial charge in [0.1, 0.15) is 0 Å². The lowest BCUT2D eigenvalue weighted by atomic mass is 9.95. The minimum Gasteiger partial charge on any atom is -0.408 e. The van der Waals surface area contributed by atoms with Gasteiger partial charge >= 0.3 is 0 Å². The average Bonchev–Trinajstić information content (AvgIpc) is 2.65. The van der Waals surface area contributed by atoms with Crippen molar-refractivity contribution in [2.24, 2.45) is 5.92 Å². The van der Waals surface area contributed by atoms with Gasteiger partial charge in [0.05, 0.1) is 31.5 Å². The summed E-state index contributed by atoms with van der Waals surface area (Å²) in [5, 5.41) is 21.1. The van der Waals surface area contributed by atoms with Crippen molar-refractivity contribution in [1.82, 2.24) is 0 Å². The number of ether oxygens (including phenoxy) is 1. The number of benzene rings is 1. The highest BCUT2D eigenvalue weighted by atomic mass is 28.4. The summed E-state index contributed by atoms with van der Waals surface area (Å²) in [4.78, 5) is 0. The molecule has 5 heteroatoms. The van der Waals surface area contributed by atoms with Crippen LogP contribution in [-0.4, -0.2) is 43.4 Å². The lowest BCUT2D eigenvalue weighted by Crippen LogP contribution is -2.54. The monoisotopic (exact) mass is 410 g/mol. The third kappa shape index (κ3) is 6.14. The summed E-state index contributed by atoms with van der Waals surface area (Å²) in [6.07, 6.45) is -1.52. The van der Waals surface area contributed by atoms with E-state index >= 15 is 0 Å². The van der Waals surface area contributed by atoms with E-state index in [1.54, 1.807) is 0 Å². The fourth-order valence-electron chi connectivity index (χ4n) is 4.46. The topological polar surface area (TPSA) is 58.9 Å². The quantitative estimate of drug-likeness (QED) is 0.468. The Labute approximate surface area is 173 Å². The van der Waals surface area contributed by atoms with Crippen LogP contribution in [0.2, 0.25) is 16.6 Å². The molecule has 1 aromatic carbocycles. The SMILES string of the molecule is CC(C)[Si](O[C@H](CO)[C@@H](O)[C@H](C)[C@H](C)OCc1ccccc1)(C(C)C)C(C)C. The van der Waals surface area contributed by atoms with Gasteiger partial charge in [0, 0.05) is 5.92 Å². The van der Waals surface area contributed by atoms with E-state index < -0.39 is 20.5 Å². The van der Waals surface area contributed by atoms with E-state index in [1.807, 2.05) is 44.2 Å². The molecular formula is C23H42O4Si. The van der Waals surface area contributed by atoms with Gasteiger partial charge in [-0.05, 0) is 29.1 Å². The fraction of sp³-hybridized carbons (Fsp3) is 0.739. The Morgan fingerprint density at radius 1 is 0.857 bits per heavy atom. The lowest BCUT2D eigenvalue weighted by molar-refractivity contribution is -0.0812. The zero-order valence-corrected chi connectivity index (χ0v) is 20.1. The van der Waals surface area contributed by atoms with Crippen LogP contribution in [0.15, 0.2) is 30.3 Å². The van der Waals surface area contributed by atoms with Gasteiger partial charge < -0.3 is 19.4 Å². The maximum atomic E-state index is 11.0. The number of rotatable bonds is 12. The van der Waals surface area contributed by atoms with Gasteiger partial charge in [-0.1, -0.05) is 78.8 Å². The average molecular weight is 411 g/mol. The zero-order chi connectivity index (χ0) is 21.5. The summed E-state index contributed by atoms with van der Waals surface area (Å²) >= 11 is 0. The highest BCUT2D eigenvalue weighted by Crippen LogP contribution is 2.43. The molecule has 0 fully saturated rings. The summed E-state index contributed by atoms with van der Waals surface area (Å²) in [7, 11) is -2.19. The molecule has 0 saturated carbocycles. The minimum absolute atomic E-state index is 0.152. The Kier molecular flexibility index (Phi) is 10.4. The van der Waals surface area contributed by atoms with Gasteiger partial charge in [-0.3, -0.25) is 0 Å². The van der Waals surface area contributed by atoms with Crippen molar-refractivity contribution >= 4 is 8.32 Å². The Hall–Kier alpha value is -0.723. The molecule has 0 unspecified atom stereocenters. The summed E-state index contributed by atoms with van der Waals surface area (Å²) in [5.74, 6) is -0.154. The Morgan fingerprint density at radius 2 is 1.36 bits per heavy atom. The molecule has 2 N–H and O–H groups in total. The van der Waals surface area contributed by atoms with Gasteiger partial charge in [-0.15, -0.1) is 0 Å². The molecular weight excluding hydrogens is 368 g/mol. The smallest absolute Gasteiger partial charge is 0.201 e. The van der Waals surface area contributed by atoms with Crippen LogP contribution in [-0.2, 0) is 15.8 Å².